The van der Waals surface area contributed by atoms with Crippen LogP contribution < -0.4 is 0 Å². The predicted molar refractivity (Wildman–Crippen MR) is 224 cm³/mol. The molecule has 10 heteroatoms. The Balaban J connectivity index is 2.25. The monoisotopic (exact) mass is 799 g/mol. The Kier molecular flexibility index (Phi) is 35.3. The molecule has 330 valence electrons. The molecule has 0 aromatic carbocycles. The van der Waals surface area contributed by atoms with Gasteiger partial charge in [0.05, 0.1) is 13.2 Å². The van der Waals surface area contributed by atoms with Crippen molar-refractivity contribution in [3.8, 4) is 0 Å². The molecule has 56 heavy (non-hydrogen) atoms. The Labute approximate surface area is 341 Å². The van der Waals surface area contributed by atoms with Crippen LogP contribution in [0.4, 0.5) is 0 Å². The van der Waals surface area contributed by atoms with Gasteiger partial charge in [-0.05, 0) is 32.1 Å². The summed E-state index contributed by atoms with van der Waals surface area (Å²) in [4.78, 5) is 25.3. The topological polar surface area (TPSA) is 152 Å². The molecule has 1 heterocycles. The predicted octanol–water partition coefficient (Wildman–Crippen LogP) is 9.95. The Morgan fingerprint density at radius 3 is 1.45 bits per heavy atom. The Morgan fingerprint density at radius 1 is 0.536 bits per heavy atom. The lowest BCUT2D eigenvalue weighted by molar-refractivity contribution is -0.305. The first kappa shape index (κ1) is 52.5. The molecule has 4 N–H and O–H groups in total. The molecule has 0 saturated carbocycles. The maximum absolute atomic E-state index is 12.7. The molecule has 1 rings (SSSR count). The second-order valence-electron chi connectivity index (χ2n) is 16.2. The van der Waals surface area contributed by atoms with Gasteiger partial charge in [-0.2, -0.15) is 0 Å². The van der Waals surface area contributed by atoms with Crippen LogP contribution in [0.2, 0.25) is 0 Å². The third-order valence-electron chi connectivity index (χ3n) is 10.9. The third-order valence-corrected chi connectivity index (χ3v) is 10.9. The first-order valence-corrected chi connectivity index (χ1v) is 23.3. The summed E-state index contributed by atoms with van der Waals surface area (Å²) in [5.41, 5.74) is 0. The van der Waals surface area contributed by atoms with E-state index in [1.54, 1.807) is 0 Å². The van der Waals surface area contributed by atoms with Crippen molar-refractivity contribution in [3.05, 3.63) is 12.2 Å². The molecule has 1 fully saturated rings. The molecule has 10 nitrogen and oxygen atoms in total. The average molecular weight is 799 g/mol. The quantitative estimate of drug-likeness (QED) is 0.0269. The summed E-state index contributed by atoms with van der Waals surface area (Å²) in [6.07, 6.45) is 32.3. The van der Waals surface area contributed by atoms with Crippen LogP contribution in [0.1, 0.15) is 213 Å². The fourth-order valence-corrected chi connectivity index (χ4v) is 7.17. The molecular formula is C46H86O10. The van der Waals surface area contributed by atoms with Gasteiger partial charge in [0.1, 0.15) is 31.0 Å². The van der Waals surface area contributed by atoms with Crippen LogP contribution in [-0.4, -0.2) is 89.0 Å². The number of rotatable bonds is 39. The van der Waals surface area contributed by atoms with Gasteiger partial charge in [0.2, 0.25) is 0 Å². The second kappa shape index (κ2) is 37.7. The standard InChI is InChI=1S/C46H86O10/c1-3-5-7-9-11-13-15-16-17-18-19-20-21-22-23-25-26-28-30-32-34-41(48)53-37-39(38-54-46-45(52)44(51)43(50)40(36-47)56-46)55-42(49)35-33-31-29-27-24-14-12-10-8-6-4-2/h10,12,39-40,43-47,50-52H,3-9,11,13-38H2,1-2H3/b12-10-. The first-order chi connectivity index (χ1) is 27.3. The van der Waals surface area contributed by atoms with E-state index in [0.29, 0.717) is 6.42 Å². The molecule has 0 bridgehead atoms. The number of carbonyl (C=O) groups excluding carboxylic acids is 2. The van der Waals surface area contributed by atoms with Crippen molar-refractivity contribution in [2.45, 2.75) is 250 Å². The van der Waals surface area contributed by atoms with Crippen LogP contribution in [0.15, 0.2) is 12.2 Å². The van der Waals surface area contributed by atoms with Gasteiger partial charge in [0.25, 0.3) is 0 Å². The molecule has 6 unspecified atom stereocenters. The summed E-state index contributed by atoms with van der Waals surface area (Å²) < 4.78 is 22.1. The van der Waals surface area contributed by atoms with Crippen molar-refractivity contribution in [1.29, 1.82) is 0 Å². The number of carbonyl (C=O) groups is 2. The smallest absolute Gasteiger partial charge is 0.306 e. The zero-order valence-electron chi connectivity index (χ0n) is 35.9. The molecule has 1 aliphatic rings. The van der Waals surface area contributed by atoms with E-state index >= 15 is 0 Å². The van der Waals surface area contributed by atoms with E-state index in [9.17, 15) is 30.0 Å². The fraction of sp³-hybridized carbons (Fsp3) is 0.913. The van der Waals surface area contributed by atoms with Gasteiger partial charge in [-0.25, -0.2) is 0 Å². The molecule has 0 amide bonds. The molecule has 0 radical (unpaired) electrons. The fourth-order valence-electron chi connectivity index (χ4n) is 7.17. The minimum atomic E-state index is -1.59. The van der Waals surface area contributed by atoms with Crippen molar-refractivity contribution < 1.29 is 49.0 Å². The first-order valence-electron chi connectivity index (χ1n) is 23.3. The van der Waals surface area contributed by atoms with Crippen molar-refractivity contribution in [2.24, 2.45) is 0 Å². The van der Waals surface area contributed by atoms with E-state index in [1.165, 1.54) is 122 Å². The summed E-state index contributed by atoms with van der Waals surface area (Å²) in [6.45, 7) is 3.40. The maximum Gasteiger partial charge on any atom is 0.306 e. The SMILES string of the molecule is CCCC/C=C\CCCCCCCC(=O)OC(COC(=O)CCCCCCCCCCCCCCCCCCCCCC)COC1OC(CO)C(O)C(O)C1O. The summed E-state index contributed by atoms with van der Waals surface area (Å²) >= 11 is 0. The van der Waals surface area contributed by atoms with Crippen molar-refractivity contribution in [1.82, 2.24) is 0 Å². The molecule has 6 atom stereocenters. The highest BCUT2D eigenvalue weighted by Crippen LogP contribution is 2.23. The molecule has 0 spiro atoms. The van der Waals surface area contributed by atoms with Crippen molar-refractivity contribution >= 4 is 11.9 Å². The Bertz CT molecular complexity index is 928. The number of unbranched alkanes of at least 4 members (excludes halogenated alkanes) is 26. The van der Waals surface area contributed by atoms with Crippen molar-refractivity contribution in [3.63, 3.8) is 0 Å². The molecular weight excluding hydrogens is 712 g/mol. The Morgan fingerprint density at radius 2 is 0.964 bits per heavy atom. The van der Waals surface area contributed by atoms with Crippen LogP contribution >= 0.6 is 0 Å². The minimum Gasteiger partial charge on any atom is -0.462 e. The summed E-state index contributed by atoms with van der Waals surface area (Å²) in [6, 6.07) is 0. The third kappa shape index (κ3) is 28.8. The average Bonchev–Trinajstić information content (AvgIpc) is 3.19. The lowest BCUT2D eigenvalue weighted by Crippen LogP contribution is -2.59. The highest BCUT2D eigenvalue weighted by Gasteiger charge is 2.44. The van der Waals surface area contributed by atoms with Crippen LogP contribution in [0.25, 0.3) is 0 Å². The summed E-state index contributed by atoms with van der Waals surface area (Å²) in [7, 11) is 0. The van der Waals surface area contributed by atoms with Gasteiger partial charge in [-0.3, -0.25) is 9.59 Å². The van der Waals surface area contributed by atoms with Gasteiger partial charge in [-0.1, -0.05) is 180 Å². The number of esters is 2. The number of allylic oxidation sites excluding steroid dienone is 2. The highest BCUT2D eigenvalue weighted by molar-refractivity contribution is 5.70. The van der Waals surface area contributed by atoms with Gasteiger partial charge in [0, 0.05) is 12.8 Å². The zero-order valence-corrected chi connectivity index (χ0v) is 35.9. The van der Waals surface area contributed by atoms with Gasteiger partial charge in [-0.15, -0.1) is 0 Å². The number of ether oxygens (including phenoxy) is 4. The van der Waals surface area contributed by atoms with E-state index in [2.05, 4.69) is 26.0 Å². The molecule has 0 aliphatic carbocycles. The number of hydrogen-bond donors (Lipinski definition) is 4. The van der Waals surface area contributed by atoms with Crippen LogP contribution in [0.5, 0.6) is 0 Å². The van der Waals surface area contributed by atoms with E-state index in [1.807, 2.05) is 0 Å². The number of aliphatic hydroxyl groups excluding tert-OH is 4. The largest absolute Gasteiger partial charge is 0.462 e. The summed E-state index contributed by atoms with van der Waals surface area (Å²) in [5, 5.41) is 40.0. The lowest BCUT2D eigenvalue weighted by atomic mass is 9.99. The van der Waals surface area contributed by atoms with E-state index in [-0.39, 0.29) is 32.0 Å². The second-order valence-corrected chi connectivity index (χ2v) is 16.2. The van der Waals surface area contributed by atoms with Crippen LogP contribution in [-0.2, 0) is 28.5 Å². The Hall–Kier alpha value is -1.56. The van der Waals surface area contributed by atoms with Gasteiger partial charge in [0.15, 0.2) is 12.4 Å². The maximum atomic E-state index is 12.7. The zero-order chi connectivity index (χ0) is 40.9. The minimum absolute atomic E-state index is 0.215. The van der Waals surface area contributed by atoms with E-state index < -0.39 is 49.4 Å². The molecule has 0 aromatic rings. The lowest BCUT2D eigenvalue weighted by Gasteiger charge is -2.39. The van der Waals surface area contributed by atoms with Crippen LogP contribution in [0.3, 0.4) is 0 Å². The number of aliphatic hydroxyl groups is 4. The molecule has 0 aromatic heterocycles. The van der Waals surface area contributed by atoms with Crippen LogP contribution in [0, 0.1) is 0 Å². The number of hydrogen-bond acceptors (Lipinski definition) is 10. The van der Waals surface area contributed by atoms with E-state index in [4.69, 9.17) is 18.9 Å². The van der Waals surface area contributed by atoms with Gasteiger partial charge < -0.3 is 39.4 Å². The molecule has 1 aliphatic heterocycles. The summed E-state index contributed by atoms with van der Waals surface area (Å²) in [5.74, 6) is -0.808. The van der Waals surface area contributed by atoms with Gasteiger partial charge >= 0.3 is 11.9 Å². The van der Waals surface area contributed by atoms with Crippen molar-refractivity contribution in [2.75, 3.05) is 19.8 Å². The molecule has 1 saturated heterocycles. The van der Waals surface area contributed by atoms with E-state index in [0.717, 1.165) is 57.8 Å². The highest BCUT2D eigenvalue weighted by atomic mass is 16.7. The normalized spacial score (nSPS) is 20.4.